The van der Waals surface area contributed by atoms with Gasteiger partial charge in [0.2, 0.25) is 0 Å². The number of rotatable bonds is 1. The Balaban J connectivity index is 2.89. The van der Waals surface area contributed by atoms with Gasteiger partial charge in [0.25, 0.3) is 5.91 Å². The third kappa shape index (κ3) is 1.83. The van der Waals surface area contributed by atoms with Crippen LogP contribution in [-0.4, -0.2) is 22.1 Å². The highest BCUT2D eigenvalue weighted by Crippen LogP contribution is 2.30. The van der Waals surface area contributed by atoms with E-state index in [0.717, 1.165) is 12.1 Å². The third-order valence-electron chi connectivity index (χ3n) is 1.85. The van der Waals surface area contributed by atoms with Gasteiger partial charge in [-0.25, -0.2) is 4.99 Å². The maximum absolute atomic E-state index is 10.9. The molecular weight excluding hydrogens is 158 g/mol. The van der Waals surface area contributed by atoms with E-state index in [2.05, 4.69) is 18.8 Å². The number of hydrogen-bond acceptors (Lipinski definition) is 2. The monoisotopic (exact) mass is 171 g/mol. The van der Waals surface area contributed by atoms with Crippen molar-refractivity contribution in [3.05, 3.63) is 0 Å². The van der Waals surface area contributed by atoms with Gasteiger partial charge in [-0.05, 0) is 20.3 Å². The summed E-state index contributed by atoms with van der Waals surface area (Å²) in [5.41, 5.74) is 1.03. The minimum absolute atomic E-state index is 0.0196. The summed E-state index contributed by atoms with van der Waals surface area (Å²) in [4.78, 5) is 14.9. The van der Waals surface area contributed by atoms with Gasteiger partial charge in [0.15, 0.2) is 0 Å². The number of thioether (sulfide) groups is 1. The summed E-state index contributed by atoms with van der Waals surface area (Å²) >= 11 is 1.68. The van der Waals surface area contributed by atoms with E-state index in [1.807, 2.05) is 6.92 Å². The molecule has 0 unspecified atom stereocenters. The molecular formula is C8H13NOS. The summed E-state index contributed by atoms with van der Waals surface area (Å²) in [5.74, 6) is 0.558. The lowest BCUT2D eigenvalue weighted by Crippen LogP contribution is -2.33. The number of amides is 1. The molecule has 0 spiro atoms. The van der Waals surface area contributed by atoms with E-state index < -0.39 is 0 Å². The van der Waals surface area contributed by atoms with Gasteiger partial charge in [0.1, 0.15) is 0 Å². The fourth-order valence-corrected chi connectivity index (χ4v) is 2.05. The third-order valence-corrected chi connectivity index (χ3v) is 3.19. The van der Waals surface area contributed by atoms with Crippen LogP contribution in [0.3, 0.4) is 0 Å². The summed E-state index contributed by atoms with van der Waals surface area (Å²) in [6, 6.07) is 0. The molecule has 0 aliphatic carbocycles. The maximum Gasteiger partial charge on any atom is 0.255 e. The highest BCUT2D eigenvalue weighted by Gasteiger charge is 2.29. The normalized spacial score (nSPS) is 23.2. The summed E-state index contributed by atoms with van der Waals surface area (Å²) in [6.45, 7) is 6.28. The quantitative estimate of drug-likeness (QED) is 0.603. The zero-order valence-electron chi connectivity index (χ0n) is 7.18. The van der Waals surface area contributed by atoms with Gasteiger partial charge in [0.05, 0.1) is 5.75 Å². The Morgan fingerprint density at radius 3 is 2.73 bits per heavy atom. The molecule has 11 heavy (non-hydrogen) atoms. The largest absolute Gasteiger partial charge is 0.272 e. The molecule has 0 N–H and O–H groups in total. The van der Waals surface area contributed by atoms with Crippen LogP contribution < -0.4 is 0 Å². The van der Waals surface area contributed by atoms with Crippen molar-refractivity contribution >= 4 is 23.4 Å². The van der Waals surface area contributed by atoms with Gasteiger partial charge in [-0.3, -0.25) is 4.79 Å². The van der Waals surface area contributed by atoms with Crippen LogP contribution in [0.4, 0.5) is 0 Å². The molecule has 0 fully saturated rings. The van der Waals surface area contributed by atoms with E-state index in [9.17, 15) is 4.79 Å². The smallest absolute Gasteiger partial charge is 0.255 e. The predicted octanol–water partition coefficient (Wildman–Crippen LogP) is 1.89. The van der Waals surface area contributed by atoms with Crippen molar-refractivity contribution < 1.29 is 4.79 Å². The van der Waals surface area contributed by atoms with Crippen molar-refractivity contribution in [2.24, 2.45) is 4.99 Å². The summed E-state index contributed by atoms with van der Waals surface area (Å²) in [5, 5.41) is 0. The Labute approximate surface area is 71.5 Å². The van der Waals surface area contributed by atoms with Crippen LogP contribution in [0.15, 0.2) is 4.99 Å². The van der Waals surface area contributed by atoms with E-state index in [1.54, 1.807) is 11.8 Å². The van der Waals surface area contributed by atoms with Gasteiger partial charge < -0.3 is 0 Å². The van der Waals surface area contributed by atoms with Gasteiger partial charge in [0, 0.05) is 10.5 Å². The lowest BCUT2D eigenvalue weighted by Gasteiger charge is -2.28. The van der Waals surface area contributed by atoms with Crippen LogP contribution in [-0.2, 0) is 4.79 Å². The van der Waals surface area contributed by atoms with Gasteiger partial charge in [-0.1, -0.05) is 6.92 Å². The molecule has 0 saturated carbocycles. The number of hydrogen-bond donors (Lipinski definition) is 0. The fraction of sp³-hybridized carbons (Fsp3) is 0.750. The summed E-state index contributed by atoms with van der Waals surface area (Å²) in [7, 11) is 0. The zero-order valence-corrected chi connectivity index (χ0v) is 7.99. The predicted molar refractivity (Wildman–Crippen MR) is 49.3 cm³/mol. The van der Waals surface area contributed by atoms with Gasteiger partial charge in [-0.15, -0.1) is 11.8 Å². The molecule has 1 amide bonds. The minimum atomic E-state index is 0.0196. The average Bonchev–Trinajstić information content (AvgIpc) is 1.94. The van der Waals surface area contributed by atoms with Crippen molar-refractivity contribution in [3.63, 3.8) is 0 Å². The molecule has 62 valence electrons. The molecule has 0 aromatic carbocycles. The maximum atomic E-state index is 10.9. The Bertz CT molecular complexity index is 208. The number of carbonyl (C=O) groups excluding carboxylic acids is 1. The second kappa shape index (κ2) is 2.97. The molecule has 0 atom stereocenters. The van der Waals surface area contributed by atoms with Crippen LogP contribution >= 0.6 is 11.8 Å². The molecule has 1 rings (SSSR count). The molecule has 0 aromatic heterocycles. The zero-order chi connectivity index (χ0) is 8.48. The summed E-state index contributed by atoms with van der Waals surface area (Å²) < 4.78 is 0.0721. The van der Waals surface area contributed by atoms with E-state index in [0.29, 0.717) is 5.75 Å². The Morgan fingerprint density at radius 1 is 1.64 bits per heavy atom. The first-order valence-corrected chi connectivity index (χ1v) is 4.79. The highest BCUT2D eigenvalue weighted by atomic mass is 32.2. The second-order valence-corrected chi connectivity index (χ2v) is 4.70. The SMILES string of the molecule is CCC1=NC(=O)CSC1(C)C. The molecule has 1 aliphatic heterocycles. The van der Waals surface area contributed by atoms with Gasteiger partial charge in [-0.2, -0.15) is 0 Å². The van der Waals surface area contributed by atoms with E-state index >= 15 is 0 Å². The number of aliphatic imine (C=N–C) groups is 1. The number of carbonyl (C=O) groups is 1. The molecule has 0 saturated heterocycles. The van der Waals surface area contributed by atoms with Crippen molar-refractivity contribution in [2.75, 3.05) is 5.75 Å². The second-order valence-electron chi connectivity index (χ2n) is 3.10. The molecule has 3 heteroatoms. The molecule has 1 aliphatic rings. The van der Waals surface area contributed by atoms with Crippen LogP contribution in [0.5, 0.6) is 0 Å². The Morgan fingerprint density at radius 2 is 2.27 bits per heavy atom. The number of nitrogens with zero attached hydrogens (tertiary/aromatic N) is 1. The lowest BCUT2D eigenvalue weighted by molar-refractivity contribution is -0.115. The standard InChI is InChI=1S/C8H13NOS/c1-4-6-8(2,3)11-5-7(10)9-6/h4-5H2,1-3H3. The van der Waals surface area contributed by atoms with E-state index in [1.165, 1.54) is 0 Å². The fourth-order valence-electron chi connectivity index (χ4n) is 1.15. The van der Waals surface area contributed by atoms with Crippen LogP contribution in [0.1, 0.15) is 27.2 Å². The highest BCUT2D eigenvalue weighted by molar-refractivity contribution is 8.02. The van der Waals surface area contributed by atoms with Crippen LogP contribution in [0.25, 0.3) is 0 Å². The van der Waals surface area contributed by atoms with Crippen molar-refractivity contribution in [2.45, 2.75) is 31.9 Å². The molecule has 1 heterocycles. The minimum Gasteiger partial charge on any atom is -0.272 e. The Hall–Kier alpha value is -0.310. The molecule has 2 nitrogen and oxygen atoms in total. The van der Waals surface area contributed by atoms with Crippen LogP contribution in [0.2, 0.25) is 0 Å². The lowest BCUT2D eigenvalue weighted by atomic mass is 10.0. The first-order chi connectivity index (χ1) is 5.06. The van der Waals surface area contributed by atoms with Crippen molar-refractivity contribution in [3.8, 4) is 0 Å². The molecule has 0 bridgehead atoms. The topological polar surface area (TPSA) is 29.4 Å². The average molecular weight is 171 g/mol. The van der Waals surface area contributed by atoms with Crippen molar-refractivity contribution in [1.29, 1.82) is 0 Å². The molecule has 0 radical (unpaired) electrons. The van der Waals surface area contributed by atoms with Crippen molar-refractivity contribution in [1.82, 2.24) is 0 Å². The van der Waals surface area contributed by atoms with E-state index in [-0.39, 0.29) is 10.7 Å². The van der Waals surface area contributed by atoms with E-state index in [4.69, 9.17) is 0 Å². The van der Waals surface area contributed by atoms with Crippen LogP contribution in [0, 0.1) is 0 Å². The first-order valence-electron chi connectivity index (χ1n) is 3.81. The molecule has 0 aromatic rings. The first kappa shape index (κ1) is 8.78. The Kier molecular flexibility index (Phi) is 2.37. The summed E-state index contributed by atoms with van der Waals surface area (Å²) in [6.07, 6.45) is 0.881. The van der Waals surface area contributed by atoms with Gasteiger partial charge >= 0.3 is 0 Å².